The maximum absolute atomic E-state index is 12.3. The van der Waals surface area contributed by atoms with Gasteiger partial charge in [-0.3, -0.25) is 10.2 Å². The Morgan fingerprint density at radius 3 is 1.52 bits per heavy atom. The van der Waals surface area contributed by atoms with Crippen LogP contribution in [0.15, 0.2) is 18.0 Å². The normalized spacial score (nSPS) is 14.1. The summed E-state index contributed by atoms with van der Waals surface area (Å²) >= 11 is 0. The highest BCUT2D eigenvalue weighted by Crippen LogP contribution is 2.18. The molecule has 0 radical (unpaired) electrons. The van der Waals surface area contributed by atoms with Gasteiger partial charge in [-0.25, -0.2) is 38.7 Å². The first-order valence-electron chi connectivity index (χ1n) is 20.2. The quantitative estimate of drug-likeness (QED) is 0.0472. The third kappa shape index (κ3) is 19.0. The van der Waals surface area contributed by atoms with E-state index in [-0.39, 0.29) is 67.4 Å². The largest absolute Gasteiger partial charge is 0.462 e. The number of rotatable bonds is 11. The molecule has 3 rings (SSSR count). The van der Waals surface area contributed by atoms with E-state index in [1.54, 1.807) is 56.5 Å². The van der Waals surface area contributed by atoms with Gasteiger partial charge >= 0.3 is 36.1 Å². The predicted octanol–water partition coefficient (Wildman–Crippen LogP) is 2.45. The number of amides is 2. The van der Waals surface area contributed by atoms with Gasteiger partial charge < -0.3 is 58.7 Å². The molecule has 0 atom stereocenters. The van der Waals surface area contributed by atoms with Crippen LogP contribution in [-0.2, 0) is 42.8 Å². The molecule has 2 saturated heterocycles. The molecule has 1 aromatic rings. The summed E-state index contributed by atoms with van der Waals surface area (Å²) in [5, 5.41) is 7.28. The van der Waals surface area contributed by atoms with Gasteiger partial charge in [0.15, 0.2) is 11.7 Å². The SMILES string of the molecule is CC(C)(C)OC(=O)N1CCN(C(=N)N)CC1.CCOC(=O)C(=O)/C(=C/N(C)C)C(=O)OCC.CCOC(=O)c1cnc(N2CCN(C(=O)OC(C)(C)C)CC2)nc1C(=O)OCC. The molecule has 2 fully saturated rings. The lowest BCUT2D eigenvalue weighted by atomic mass is 10.2. The van der Waals surface area contributed by atoms with Crippen LogP contribution in [0.1, 0.15) is 90.1 Å². The molecule has 0 aliphatic carbocycles. The Hall–Kier alpha value is -6.22. The predicted molar refractivity (Wildman–Crippen MR) is 225 cm³/mol. The molecule has 2 aliphatic rings. The minimum absolute atomic E-state index is 0.0403. The van der Waals surface area contributed by atoms with Crippen LogP contribution in [0.5, 0.6) is 0 Å². The topological polar surface area (TPSA) is 267 Å². The number of Topliss-reactive ketones (excluding diaryl/α,β-unsaturated/α-hetero) is 1. The fourth-order valence-corrected chi connectivity index (χ4v) is 5.09. The van der Waals surface area contributed by atoms with E-state index in [1.807, 2.05) is 46.4 Å². The van der Waals surface area contributed by atoms with Crippen LogP contribution in [0.2, 0.25) is 0 Å². The maximum atomic E-state index is 12.3. The van der Waals surface area contributed by atoms with Crippen molar-refractivity contribution in [1.82, 2.24) is 29.6 Å². The lowest BCUT2D eigenvalue weighted by Crippen LogP contribution is -2.53. The van der Waals surface area contributed by atoms with Gasteiger partial charge in [0, 0.05) is 78.9 Å². The molecule has 2 amide bonds. The maximum Gasteiger partial charge on any atom is 0.410 e. The summed E-state index contributed by atoms with van der Waals surface area (Å²) in [6, 6.07) is 0. The van der Waals surface area contributed by atoms with Crippen molar-refractivity contribution in [2.75, 3.05) is 97.8 Å². The third-order valence-electron chi connectivity index (χ3n) is 7.81. The molecule has 62 heavy (non-hydrogen) atoms. The van der Waals surface area contributed by atoms with Gasteiger partial charge in [0.1, 0.15) is 22.3 Å². The summed E-state index contributed by atoms with van der Waals surface area (Å²) in [6.07, 6.45) is 1.84. The molecule has 0 aromatic carbocycles. The number of guanidine groups is 1. The second-order valence-electron chi connectivity index (χ2n) is 15.4. The molecular formula is C40H65N9O13. The van der Waals surface area contributed by atoms with Crippen molar-refractivity contribution in [3.05, 3.63) is 29.2 Å². The smallest absolute Gasteiger partial charge is 0.410 e. The highest BCUT2D eigenvalue weighted by Gasteiger charge is 2.30. The number of ether oxygens (including phenoxy) is 6. The van der Waals surface area contributed by atoms with E-state index in [9.17, 15) is 33.6 Å². The van der Waals surface area contributed by atoms with E-state index in [2.05, 4.69) is 14.7 Å². The molecule has 22 heteroatoms. The van der Waals surface area contributed by atoms with Gasteiger partial charge in [0.05, 0.1) is 26.4 Å². The highest BCUT2D eigenvalue weighted by molar-refractivity contribution is 6.46. The van der Waals surface area contributed by atoms with Crippen LogP contribution in [0, 0.1) is 5.41 Å². The minimum atomic E-state index is -1.06. The van der Waals surface area contributed by atoms with Crippen molar-refractivity contribution in [1.29, 1.82) is 5.41 Å². The fourth-order valence-electron chi connectivity index (χ4n) is 5.09. The van der Waals surface area contributed by atoms with Crippen molar-refractivity contribution >= 4 is 53.8 Å². The zero-order valence-electron chi connectivity index (χ0n) is 38.2. The number of carbonyl (C=O) groups excluding carboxylic acids is 7. The molecule has 348 valence electrons. The van der Waals surface area contributed by atoms with Crippen molar-refractivity contribution < 1.29 is 62.0 Å². The number of nitrogens with zero attached hydrogens (tertiary/aromatic N) is 7. The van der Waals surface area contributed by atoms with Crippen LogP contribution in [-0.4, -0.2) is 181 Å². The number of carbonyl (C=O) groups is 7. The molecule has 3 N–H and O–H groups in total. The second kappa shape index (κ2) is 25.5. The summed E-state index contributed by atoms with van der Waals surface area (Å²) < 4.78 is 29.8. The first-order chi connectivity index (χ1) is 28.9. The van der Waals surface area contributed by atoms with Crippen molar-refractivity contribution in [2.45, 2.75) is 80.4 Å². The molecule has 0 bridgehead atoms. The van der Waals surface area contributed by atoms with Gasteiger partial charge in [0.2, 0.25) is 5.95 Å². The van der Waals surface area contributed by atoms with E-state index >= 15 is 0 Å². The molecular weight excluding hydrogens is 814 g/mol. The lowest BCUT2D eigenvalue weighted by molar-refractivity contribution is -0.154. The van der Waals surface area contributed by atoms with E-state index < -0.39 is 40.9 Å². The van der Waals surface area contributed by atoms with Gasteiger partial charge in [-0.2, -0.15) is 0 Å². The molecule has 0 saturated carbocycles. The van der Waals surface area contributed by atoms with E-state index in [0.29, 0.717) is 52.4 Å². The van der Waals surface area contributed by atoms with Gasteiger partial charge in [-0.05, 0) is 69.2 Å². The Morgan fingerprint density at radius 2 is 1.10 bits per heavy atom. The number of hydrogen-bond donors (Lipinski definition) is 2. The van der Waals surface area contributed by atoms with Crippen LogP contribution >= 0.6 is 0 Å². The van der Waals surface area contributed by atoms with Crippen molar-refractivity contribution in [2.24, 2.45) is 5.73 Å². The van der Waals surface area contributed by atoms with Crippen molar-refractivity contribution in [3.63, 3.8) is 0 Å². The van der Waals surface area contributed by atoms with Gasteiger partial charge in [-0.15, -0.1) is 0 Å². The zero-order chi connectivity index (χ0) is 47.4. The number of esters is 4. The van der Waals surface area contributed by atoms with Crippen LogP contribution < -0.4 is 10.6 Å². The summed E-state index contributed by atoms with van der Waals surface area (Å²) in [5.74, 6) is -3.95. The number of nitrogens with one attached hydrogen (secondary N) is 1. The standard InChI is InChI=1S/C19H28N4O6.C11H17NO5.C10H20N4O2/c1-6-27-15(24)13-12-20-17(21-14(13)16(25)28-7-2)22-8-10-23(11-9-22)18(26)29-19(3,4)5;1-5-16-10(14)8(7-12(3)4)9(13)11(15)17-6-2;1-10(2,3)16-9(15)14-6-4-13(5-7-14)8(11)12/h12H,6-11H2,1-5H3;7H,5-6H2,1-4H3;4-7H2,1-3H3,(H3,11,12)/b;8-7-;. The Morgan fingerprint density at radius 1 is 0.677 bits per heavy atom. The summed E-state index contributed by atoms with van der Waals surface area (Å²) in [6.45, 7) is 22.1. The Kier molecular flexibility index (Phi) is 22.2. The Labute approximate surface area is 363 Å². The van der Waals surface area contributed by atoms with E-state index in [0.717, 1.165) is 0 Å². The molecule has 2 aliphatic heterocycles. The fraction of sp³-hybridized carbons (Fsp3) is 0.650. The van der Waals surface area contributed by atoms with Crippen LogP contribution in [0.4, 0.5) is 15.5 Å². The number of piperazine rings is 2. The lowest BCUT2D eigenvalue weighted by Gasteiger charge is -2.35. The highest BCUT2D eigenvalue weighted by atomic mass is 16.6. The Bertz CT molecular complexity index is 1740. The number of anilines is 1. The summed E-state index contributed by atoms with van der Waals surface area (Å²) in [5.41, 5.74) is 3.83. The Balaban J connectivity index is 0.000000500. The molecule has 0 spiro atoms. The van der Waals surface area contributed by atoms with Gasteiger partial charge in [0.25, 0.3) is 5.78 Å². The molecule has 3 heterocycles. The molecule has 0 unspecified atom stereocenters. The summed E-state index contributed by atoms with van der Waals surface area (Å²) in [7, 11) is 3.25. The monoisotopic (exact) mass is 879 g/mol. The van der Waals surface area contributed by atoms with Crippen molar-refractivity contribution in [3.8, 4) is 0 Å². The van der Waals surface area contributed by atoms with E-state index in [4.69, 9.17) is 34.8 Å². The number of hydrogen-bond acceptors (Lipinski definition) is 18. The average molecular weight is 880 g/mol. The van der Waals surface area contributed by atoms with Crippen LogP contribution in [0.25, 0.3) is 0 Å². The first-order valence-corrected chi connectivity index (χ1v) is 20.2. The number of ketones is 1. The van der Waals surface area contributed by atoms with Gasteiger partial charge in [-0.1, -0.05) is 0 Å². The first kappa shape index (κ1) is 53.8. The number of nitrogens with two attached hydrogens (primary N) is 1. The third-order valence-corrected chi connectivity index (χ3v) is 7.81. The number of aromatic nitrogens is 2. The van der Waals surface area contributed by atoms with E-state index in [1.165, 1.54) is 17.3 Å². The second-order valence-corrected chi connectivity index (χ2v) is 15.4. The molecule has 1 aromatic heterocycles. The molecule has 22 nitrogen and oxygen atoms in total. The van der Waals surface area contributed by atoms with Crippen LogP contribution in [0.3, 0.4) is 0 Å². The summed E-state index contributed by atoms with van der Waals surface area (Å²) in [4.78, 5) is 99.4. The zero-order valence-corrected chi connectivity index (χ0v) is 38.2. The minimum Gasteiger partial charge on any atom is -0.462 e. The average Bonchev–Trinajstić information content (AvgIpc) is 3.19.